The second-order valence-corrected chi connectivity index (χ2v) is 2.95. The van der Waals surface area contributed by atoms with Crippen LogP contribution >= 0.6 is 0 Å². The minimum Gasteiger partial charge on any atom is -0.207 e. The predicted octanol–water partition coefficient (Wildman–Crippen LogP) is 0.0841. The Morgan fingerprint density at radius 2 is 1.62 bits per heavy atom. The third-order valence-electron chi connectivity index (χ3n) is 1.01. The van der Waals surface area contributed by atoms with Crippen LogP contribution in [0, 0.1) is 5.82 Å². The molecule has 1 aromatic carbocycles. The number of rotatable bonds is 0. The van der Waals surface area contributed by atoms with Gasteiger partial charge in [0.15, 0.2) is 0 Å². The summed E-state index contributed by atoms with van der Waals surface area (Å²) in [4.78, 5) is 0. The molecular formula is C6H6AlF. The summed E-state index contributed by atoms with van der Waals surface area (Å²) < 4.78 is 13.3. The molecular weight excluding hydrogens is 118 g/mol. The van der Waals surface area contributed by atoms with Crippen LogP contribution < -0.4 is 4.43 Å². The standard InChI is InChI=1S/C6H4F.Al.2H/c7-6-4-2-1-3-5-6;;;/h2-5H;;;. The first kappa shape index (κ1) is 5.81. The van der Waals surface area contributed by atoms with Crippen LogP contribution in [0.15, 0.2) is 24.3 Å². The third kappa shape index (κ3) is 1.33. The summed E-state index contributed by atoms with van der Waals surface area (Å²) in [5, 5.41) is 0. The van der Waals surface area contributed by atoms with Crippen LogP contribution in [0.1, 0.15) is 0 Å². The molecule has 0 bridgehead atoms. The second kappa shape index (κ2) is 2.30. The summed E-state index contributed by atoms with van der Waals surface area (Å²) in [6.07, 6.45) is 0. The van der Waals surface area contributed by atoms with E-state index in [9.17, 15) is 4.39 Å². The molecule has 0 aliphatic carbocycles. The molecule has 0 aliphatic heterocycles. The van der Waals surface area contributed by atoms with Gasteiger partial charge in [-0.2, -0.15) is 0 Å². The summed E-state index contributed by atoms with van der Waals surface area (Å²) in [6, 6.07) is 6.59. The Kier molecular flexibility index (Phi) is 1.67. The van der Waals surface area contributed by atoms with Gasteiger partial charge >= 0.3 is 0 Å². The Labute approximate surface area is 55.8 Å². The van der Waals surface area contributed by atoms with Crippen molar-refractivity contribution in [2.24, 2.45) is 0 Å². The van der Waals surface area contributed by atoms with E-state index in [0.29, 0.717) is 0 Å². The Morgan fingerprint density at radius 1 is 1.12 bits per heavy atom. The Balaban J connectivity index is 3.03. The lowest BCUT2D eigenvalue weighted by molar-refractivity contribution is 0.628. The van der Waals surface area contributed by atoms with E-state index in [1.807, 2.05) is 12.1 Å². The summed E-state index contributed by atoms with van der Waals surface area (Å²) in [7, 11) is 0. The molecule has 2 heteroatoms. The van der Waals surface area contributed by atoms with Crippen molar-refractivity contribution in [3.05, 3.63) is 30.1 Å². The van der Waals surface area contributed by atoms with Gasteiger partial charge in [0.05, 0.1) is 0 Å². The fourth-order valence-corrected chi connectivity index (χ4v) is 0.867. The lowest BCUT2D eigenvalue weighted by Gasteiger charge is -1.87. The molecule has 40 valence electrons. The van der Waals surface area contributed by atoms with Crippen molar-refractivity contribution >= 4 is 20.7 Å². The van der Waals surface area contributed by atoms with Crippen LogP contribution in [0.3, 0.4) is 0 Å². The minimum absolute atomic E-state index is 0.149. The van der Waals surface area contributed by atoms with Gasteiger partial charge in [-0.1, -0.05) is 12.1 Å². The van der Waals surface area contributed by atoms with Crippen molar-refractivity contribution < 1.29 is 4.39 Å². The summed E-state index contributed by atoms with van der Waals surface area (Å²) in [5.41, 5.74) is 0. The first-order valence-corrected chi connectivity index (χ1v) is 3.51. The van der Waals surface area contributed by atoms with Gasteiger partial charge in [-0.25, -0.2) is 4.39 Å². The van der Waals surface area contributed by atoms with Crippen LogP contribution in [-0.2, 0) is 0 Å². The van der Waals surface area contributed by atoms with E-state index in [0.717, 1.165) is 16.3 Å². The molecule has 1 aromatic rings. The van der Waals surface area contributed by atoms with E-state index in [2.05, 4.69) is 0 Å². The molecule has 0 heterocycles. The minimum atomic E-state index is -0.149. The van der Waals surface area contributed by atoms with Crippen LogP contribution in [-0.4, -0.2) is 16.3 Å². The highest BCUT2D eigenvalue weighted by Crippen LogP contribution is 1.89. The Morgan fingerprint density at radius 3 is 2.00 bits per heavy atom. The molecule has 0 saturated carbocycles. The van der Waals surface area contributed by atoms with E-state index in [1.54, 1.807) is 0 Å². The normalized spacial score (nSPS) is 9.12. The quantitative estimate of drug-likeness (QED) is 0.430. The molecule has 1 rings (SSSR count). The molecule has 0 unspecified atom stereocenters. The van der Waals surface area contributed by atoms with Gasteiger partial charge in [0.1, 0.15) is 5.82 Å². The molecule has 0 spiro atoms. The maximum absolute atomic E-state index is 12.1. The fraction of sp³-hybridized carbons (Fsp3) is 0. The van der Waals surface area contributed by atoms with Crippen molar-refractivity contribution in [2.75, 3.05) is 0 Å². The third-order valence-corrected chi connectivity index (χ3v) is 1.68. The first-order chi connectivity index (χ1) is 3.79. The molecule has 0 fully saturated rings. The van der Waals surface area contributed by atoms with Crippen molar-refractivity contribution in [2.45, 2.75) is 0 Å². The maximum Gasteiger partial charge on any atom is 0.258 e. The van der Waals surface area contributed by atoms with Gasteiger partial charge in [-0.3, -0.25) is 0 Å². The molecule has 0 atom stereocenters. The summed E-state index contributed by atoms with van der Waals surface area (Å²) in [6.45, 7) is 0. The van der Waals surface area contributed by atoms with Crippen LogP contribution in [0.5, 0.6) is 0 Å². The number of halogens is 1. The average Bonchev–Trinajstić information content (AvgIpc) is 1.77. The van der Waals surface area contributed by atoms with Gasteiger partial charge in [0.2, 0.25) is 0 Å². The molecule has 0 aliphatic rings. The largest absolute Gasteiger partial charge is 0.258 e. The molecule has 0 aromatic heterocycles. The maximum atomic E-state index is 12.1. The van der Waals surface area contributed by atoms with Crippen molar-refractivity contribution in [3.8, 4) is 0 Å². The molecule has 0 radical (unpaired) electrons. The lowest BCUT2D eigenvalue weighted by Crippen LogP contribution is -1.98. The Bertz CT molecular complexity index is 147. The van der Waals surface area contributed by atoms with E-state index in [-0.39, 0.29) is 5.82 Å². The number of hydrogen-bond donors (Lipinski definition) is 0. The van der Waals surface area contributed by atoms with Gasteiger partial charge in [-0.15, -0.1) is 4.43 Å². The predicted molar refractivity (Wildman–Crippen MR) is 34.6 cm³/mol. The van der Waals surface area contributed by atoms with Gasteiger partial charge < -0.3 is 0 Å². The van der Waals surface area contributed by atoms with Crippen molar-refractivity contribution in [1.29, 1.82) is 0 Å². The highest BCUT2D eigenvalue weighted by molar-refractivity contribution is 6.32. The fourth-order valence-electron chi connectivity index (χ4n) is 0.533. The molecule has 8 heavy (non-hydrogen) atoms. The van der Waals surface area contributed by atoms with Crippen molar-refractivity contribution in [3.63, 3.8) is 0 Å². The number of hydrogen-bond acceptors (Lipinski definition) is 0. The zero-order valence-corrected chi connectivity index (χ0v) is 6.69. The monoisotopic (exact) mass is 124 g/mol. The van der Waals surface area contributed by atoms with Crippen LogP contribution in [0.25, 0.3) is 0 Å². The molecule has 0 saturated heterocycles. The second-order valence-electron chi connectivity index (χ2n) is 1.80. The van der Waals surface area contributed by atoms with E-state index < -0.39 is 0 Å². The van der Waals surface area contributed by atoms with E-state index in [1.165, 1.54) is 16.6 Å². The zero-order chi connectivity index (χ0) is 5.98. The highest BCUT2D eigenvalue weighted by Gasteiger charge is 1.83. The van der Waals surface area contributed by atoms with E-state index in [4.69, 9.17) is 0 Å². The smallest absolute Gasteiger partial charge is 0.207 e. The summed E-state index contributed by atoms with van der Waals surface area (Å²) in [5.74, 6) is -0.149. The first-order valence-electron chi connectivity index (χ1n) is 2.51. The van der Waals surface area contributed by atoms with Gasteiger partial charge in [0, 0.05) is 0 Å². The van der Waals surface area contributed by atoms with Gasteiger partial charge in [0.25, 0.3) is 16.3 Å². The van der Waals surface area contributed by atoms with Crippen LogP contribution in [0.2, 0.25) is 0 Å². The SMILES string of the molecule is Fc1cc[c]([AlH2])cc1. The van der Waals surface area contributed by atoms with Crippen LogP contribution in [0.4, 0.5) is 4.39 Å². The summed E-state index contributed by atoms with van der Waals surface area (Å²) >= 11 is 1.00. The zero-order valence-electron chi connectivity index (χ0n) is 4.69. The number of benzene rings is 1. The molecule has 0 N–H and O–H groups in total. The van der Waals surface area contributed by atoms with E-state index >= 15 is 0 Å². The van der Waals surface area contributed by atoms with Gasteiger partial charge in [-0.05, 0) is 12.1 Å². The van der Waals surface area contributed by atoms with Crippen molar-refractivity contribution in [1.82, 2.24) is 0 Å². The average molecular weight is 124 g/mol. The molecule has 0 nitrogen and oxygen atoms in total. The molecule has 0 amide bonds. The topological polar surface area (TPSA) is 0 Å². The highest BCUT2D eigenvalue weighted by atomic mass is 27.0. The Hall–Kier alpha value is -0.318. The lowest BCUT2D eigenvalue weighted by atomic mass is 10.3.